The van der Waals surface area contributed by atoms with Gasteiger partial charge >= 0.3 is 6.72 Å². The van der Waals surface area contributed by atoms with Gasteiger partial charge in [0.1, 0.15) is 5.60 Å². The summed E-state index contributed by atoms with van der Waals surface area (Å²) in [4.78, 5) is 0. The summed E-state index contributed by atoms with van der Waals surface area (Å²) in [6, 6.07) is 0. The van der Waals surface area contributed by atoms with E-state index in [0.717, 1.165) is 0 Å². The quantitative estimate of drug-likeness (QED) is 0.562. The molecule has 0 aromatic heterocycles. The lowest BCUT2D eigenvalue weighted by atomic mass is 10.1. The second kappa shape index (κ2) is 2.25. The molecule has 1 aliphatic rings. The Hall–Kier alpha value is 0.510. The molecule has 2 nitrogen and oxygen atoms in total. The van der Waals surface area contributed by atoms with Gasteiger partial charge < -0.3 is 4.52 Å². The highest BCUT2D eigenvalue weighted by molar-refractivity contribution is 7.88. The molecule has 0 amide bonds. The maximum atomic E-state index is 11.0. The number of hydrogen-bond donors (Lipinski definition) is 0. The Kier molecular flexibility index (Phi) is 1.93. The van der Waals surface area contributed by atoms with Gasteiger partial charge in [0, 0.05) is 5.82 Å². The average Bonchev–Trinajstić information content (AvgIpc) is 1.73. The van der Waals surface area contributed by atoms with Crippen molar-refractivity contribution in [1.29, 1.82) is 0 Å². The molecule has 0 spiro atoms. The molecule has 1 aliphatic heterocycles. The zero-order chi connectivity index (χ0) is 7.99. The third-order valence-corrected chi connectivity index (χ3v) is 3.68. The second-order valence-corrected chi connectivity index (χ2v) is 5.90. The Morgan fingerprint density at radius 1 is 1.70 bits per heavy atom. The van der Waals surface area contributed by atoms with E-state index in [1.54, 1.807) is 13.8 Å². The first-order valence-corrected chi connectivity index (χ1v) is 5.70. The molecular weight excluding hydrogens is 194 g/mol. The Balaban J connectivity index is 3.00. The highest BCUT2D eigenvalue weighted by Crippen LogP contribution is 2.64. The lowest BCUT2D eigenvalue weighted by Crippen LogP contribution is -2.17. The molecule has 0 aromatic rings. The number of hydrogen-bond acceptors (Lipinski definition) is 2. The molecule has 5 heteroatoms. The monoisotopic (exact) mass is 200 g/mol. The van der Waals surface area contributed by atoms with Crippen LogP contribution in [0.15, 0.2) is 10.8 Å². The van der Waals surface area contributed by atoms with Gasteiger partial charge in [-0.15, -0.1) is 0 Å². The summed E-state index contributed by atoms with van der Waals surface area (Å²) < 4.78 is 16.0. The molecule has 0 saturated heterocycles. The van der Waals surface area contributed by atoms with Gasteiger partial charge in [-0.25, -0.2) is 0 Å². The van der Waals surface area contributed by atoms with Crippen LogP contribution in [0.2, 0.25) is 0 Å². The molecule has 0 N–H and O–H groups in total. The van der Waals surface area contributed by atoms with Crippen LogP contribution in [0.4, 0.5) is 0 Å². The summed E-state index contributed by atoms with van der Waals surface area (Å²) in [5.41, 5.74) is -0.682. The van der Waals surface area contributed by atoms with Crippen molar-refractivity contribution in [2.24, 2.45) is 0 Å². The molecule has 58 valence electrons. The van der Waals surface area contributed by atoms with Crippen LogP contribution in [0.3, 0.4) is 0 Å². The Morgan fingerprint density at radius 2 is 2.20 bits per heavy atom. The van der Waals surface area contributed by atoms with Crippen LogP contribution in [0.1, 0.15) is 13.8 Å². The fraction of sp³-hybridized carbons (Fsp3) is 0.600. The van der Waals surface area contributed by atoms with Crippen LogP contribution in [0.25, 0.3) is 0 Å². The minimum atomic E-state index is -3.04. The van der Waals surface area contributed by atoms with Crippen LogP contribution in [0, 0.1) is 0 Å². The largest absolute Gasteiger partial charge is 0.314 e. The molecule has 0 bridgehead atoms. The molecule has 10 heavy (non-hydrogen) atoms. The van der Waals surface area contributed by atoms with Crippen molar-refractivity contribution >= 4 is 29.6 Å². The molecule has 1 atom stereocenters. The summed E-state index contributed by atoms with van der Waals surface area (Å²) in [5, 5.41) is 0.408. The van der Waals surface area contributed by atoms with Crippen molar-refractivity contribution in [2.75, 3.05) is 0 Å². The van der Waals surface area contributed by atoms with Gasteiger partial charge in [0.05, 0.1) is 5.03 Å². The van der Waals surface area contributed by atoms with E-state index in [1.807, 2.05) is 0 Å². The number of rotatable bonds is 0. The Morgan fingerprint density at radius 3 is 2.30 bits per heavy atom. The van der Waals surface area contributed by atoms with E-state index in [4.69, 9.17) is 27.4 Å². The average molecular weight is 201 g/mol. The first-order chi connectivity index (χ1) is 4.33. The van der Waals surface area contributed by atoms with E-state index < -0.39 is 12.3 Å². The third-order valence-electron chi connectivity index (χ3n) is 1.20. The fourth-order valence-electron chi connectivity index (χ4n) is 0.672. The van der Waals surface area contributed by atoms with Gasteiger partial charge in [-0.2, -0.15) is 0 Å². The van der Waals surface area contributed by atoms with Crippen molar-refractivity contribution in [3.63, 3.8) is 0 Å². The van der Waals surface area contributed by atoms with Gasteiger partial charge in [0.25, 0.3) is 0 Å². The third kappa shape index (κ3) is 1.57. The van der Waals surface area contributed by atoms with Crippen molar-refractivity contribution < 1.29 is 9.09 Å². The van der Waals surface area contributed by atoms with Gasteiger partial charge in [-0.05, 0) is 25.1 Å². The number of halogens is 2. The summed E-state index contributed by atoms with van der Waals surface area (Å²) in [7, 11) is 0. The molecule has 0 aromatic carbocycles. The first-order valence-electron chi connectivity index (χ1n) is 2.72. The van der Waals surface area contributed by atoms with Crippen molar-refractivity contribution in [2.45, 2.75) is 19.4 Å². The summed E-state index contributed by atoms with van der Waals surface area (Å²) >= 11 is 11.1. The van der Waals surface area contributed by atoms with Crippen LogP contribution in [-0.2, 0) is 9.09 Å². The second-order valence-electron chi connectivity index (χ2n) is 2.60. The normalized spacial score (nSPS) is 37.8. The van der Waals surface area contributed by atoms with E-state index in [9.17, 15) is 4.57 Å². The summed E-state index contributed by atoms with van der Waals surface area (Å²) in [5.74, 6) is 1.27. The lowest BCUT2D eigenvalue weighted by Gasteiger charge is -2.17. The molecule has 0 radical (unpaired) electrons. The van der Waals surface area contributed by atoms with E-state index in [0.29, 0.717) is 5.03 Å². The molecule has 0 saturated carbocycles. The van der Waals surface area contributed by atoms with Crippen LogP contribution < -0.4 is 0 Å². The summed E-state index contributed by atoms with van der Waals surface area (Å²) in [6.45, 7) is 0.390. The highest BCUT2D eigenvalue weighted by Gasteiger charge is 2.39. The van der Waals surface area contributed by atoms with Gasteiger partial charge in [-0.1, -0.05) is 11.6 Å². The van der Waals surface area contributed by atoms with Crippen molar-refractivity contribution in [3.8, 4) is 0 Å². The van der Waals surface area contributed by atoms with Crippen LogP contribution >= 0.6 is 29.6 Å². The standard InChI is InChI=1S/C5H7Cl2O2P/c1-5(2)4(6)3-10(7,8)9-5/h3H,1-2H3. The Bertz CT molecular complexity index is 234. The predicted molar refractivity (Wildman–Crippen MR) is 42.6 cm³/mol. The zero-order valence-corrected chi connectivity index (χ0v) is 8.00. The summed E-state index contributed by atoms with van der Waals surface area (Å²) in [6.07, 6.45) is 0. The molecule has 0 aliphatic carbocycles. The first kappa shape index (κ1) is 8.61. The molecule has 1 heterocycles. The van der Waals surface area contributed by atoms with Gasteiger partial charge in [0.15, 0.2) is 0 Å². The Labute approximate surface area is 69.4 Å². The fourth-order valence-corrected chi connectivity index (χ4v) is 3.47. The predicted octanol–water partition coefficient (Wildman–Crippen LogP) is 3.31. The zero-order valence-electron chi connectivity index (χ0n) is 5.60. The van der Waals surface area contributed by atoms with Crippen molar-refractivity contribution in [1.82, 2.24) is 0 Å². The molecular formula is C5H7Cl2O2P. The molecule has 1 rings (SSSR count). The highest BCUT2D eigenvalue weighted by atomic mass is 35.7. The van der Waals surface area contributed by atoms with E-state index in [2.05, 4.69) is 0 Å². The maximum Gasteiger partial charge on any atom is 0.314 e. The van der Waals surface area contributed by atoms with E-state index >= 15 is 0 Å². The topological polar surface area (TPSA) is 26.3 Å². The molecule has 1 unspecified atom stereocenters. The van der Waals surface area contributed by atoms with Crippen molar-refractivity contribution in [3.05, 3.63) is 10.8 Å². The molecule has 0 fully saturated rings. The van der Waals surface area contributed by atoms with Gasteiger partial charge in [-0.3, -0.25) is 4.57 Å². The van der Waals surface area contributed by atoms with E-state index in [1.165, 1.54) is 5.82 Å². The van der Waals surface area contributed by atoms with E-state index in [-0.39, 0.29) is 0 Å². The minimum absolute atomic E-state index is 0.408. The smallest absolute Gasteiger partial charge is 0.303 e. The SMILES string of the molecule is CC1(C)OP(=O)(Cl)C=C1Cl. The lowest BCUT2D eigenvalue weighted by molar-refractivity contribution is 0.180. The minimum Gasteiger partial charge on any atom is -0.303 e. The van der Waals surface area contributed by atoms with Crippen LogP contribution in [-0.4, -0.2) is 5.60 Å². The maximum absolute atomic E-state index is 11.0. The van der Waals surface area contributed by atoms with Crippen LogP contribution in [0.5, 0.6) is 0 Å². The van der Waals surface area contributed by atoms with Gasteiger partial charge in [0.2, 0.25) is 0 Å².